The number of carbonyl (C=O) groups is 1. The molecule has 0 aliphatic heterocycles. The molecule has 0 aliphatic carbocycles. The molecule has 1 rings (SSSR count). The Morgan fingerprint density at radius 2 is 2.06 bits per heavy atom. The maximum absolute atomic E-state index is 12.0. The van der Waals surface area contributed by atoms with Crippen molar-refractivity contribution in [1.82, 2.24) is 9.78 Å². The Morgan fingerprint density at radius 3 is 2.50 bits per heavy atom. The predicted octanol–water partition coefficient (Wildman–Crippen LogP) is 1.53. The molecule has 1 aromatic rings. The molecule has 1 heterocycles. The third-order valence-electron chi connectivity index (χ3n) is 3.19. The summed E-state index contributed by atoms with van der Waals surface area (Å²) in [6.45, 7) is 6.75. The smallest absolute Gasteiger partial charge is 0.157 e. The highest BCUT2D eigenvalue weighted by molar-refractivity contribution is 5.89. The predicted molar refractivity (Wildman–Crippen MR) is 64.1 cm³/mol. The van der Waals surface area contributed by atoms with Crippen LogP contribution < -0.4 is 5.73 Å². The number of hydrogen-bond donors (Lipinski definition) is 1. The van der Waals surface area contributed by atoms with Gasteiger partial charge in [0.2, 0.25) is 0 Å². The third kappa shape index (κ3) is 2.70. The van der Waals surface area contributed by atoms with E-state index in [0.717, 1.165) is 12.1 Å². The second-order valence-corrected chi connectivity index (χ2v) is 4.17. The topological polar surface area (TPSA) is 60.9 Å². The number of ketones is 1. The summed E-state index contributed by atoms with van der Waals surface area (Å²) in [7, 11) is 0. The zero-order valence-electron chi connectivity index (χ0n) is 10.4. The van der Waals surface area contributed by atoms with Crippen molar-refractivity contribution in [2.24, 2.45) is 5.73 Å². The van der Waals surface area contributed by atoms with Gasteiger partial charge in [0.25, 0.3) is 0 Å². The molecular weight excluding hydrogens is 202 g/mol. The van der Waals surface area contributed by atoms with Crippen molar-refractivity contribution in [3.8, 4) is 0 Å². The van der Waals surface area contributed by atoms with Crippen LogP contribution in [0.5, 0.6) is 0 Å². The summed E-state index contributed by atoms with van der Waals surface area (Å²) in [5.41, 5.74) is 6.33. The summed E-state index contributed by atoms with van der Waals surface area (Å²) in [4.78, 5) is 12.0. The van der Waals surface area contributed by atoms with E-state index in [1.807, 2.05) is 31.6 Å². The standard InChI is InChI=1S/C12H21N3O/c1-4-12(13,5-2)11(16)7-10-8-14-15(6-3)9-10/h8-9H,4-7,13H2,1-3H3. The zero-order chi connectivity index (χ0) is 12.2. The normalized spacial score (nSPS) is 11.8. The number of carbonyl (C=O) groups excluding carboxylic acids is 1. The van der Waals surface area contributed by atoms with E-state index >= 15 is 0 Å². The van der Waals surface area contributed by atoms with E-state index in [-0.39, 0.29) is 5.78 Å². The average molecular weight is 223 g/mol. The Labute approximate surface area is 96.8 Å². The summed E-state index contributed by atoms with van der Waals surface area (Å²) in [6.07, 6.45) is 5.41. The number of aryl methyl sites for hydroxylation is 1. The first-order valence-corrected chi connectivity index (χ1v) is 5.89. The number of rotatable bonds is 6. The quantitative estimate of drug-likeness (QED) is 0.795. The van der Waals surface area contributed by atoms with E-state index in [1.54, 1.807) is 6.20 Å². The van der Waals surface area contributed by atoms with Crippen molar-refractivity contribution in [2.45, 2.75) is 52.1 Å². The fourth-order valence-electron chi connectivity index (χ4n) is 1.68. The van der Waals surface area contributed by atoms with Gasteiger partial charge in [-0.25, -0.2) is 0 Å². The van der Waals surface area contributed by atoms with Crippen molar-refractivity contribution in [2.75, 3.05) is 0 Å². The van der Waals surface area contributed by atoms with Crippen molar-refractivity contribution < 1.29 is 4.79 Å². The van der Waals surface area contributed by atoms with Crippen LogP contribution in [0, 0.1) is 0 Å². The van der Waals surface area contributed by atoms with Crippen LogP contribution in [-0.2, 0) is 17.8 Å². The first-order chi connectivity index (χ1) is 7.55. The van der Waals surface area contributed by atoms with Gasteiger partial charge in [0.15, 0.2) is 5.78 Å². The molecule has 1 aromatic heterocycles. The molecule has 4 nitrogen and oxygen atoms in total. The van der Waals surface area contributed by atoms with Crippen molar-refractivity contribution in [3.63, 3.8) is 0 Å². The number of aromatic nitrogens is 2. The molecule has 0 atom stereocenters. The zero-order valence-corrected chi connectivity index (χ0v) is 10.4. The number of nitrogens with zero attached hydrogens (tertiary/aromatic N) is 2. The van der Waals surface area contributed by atoms with Crippen LogP contribution in [0.4, 0.5) is 0 Å². The molecule has 0 unspecified atom stereocenters. The molecule has 0 fully saturated rings. The van der Waals surface area contributed by atoms with E-state index in [4.69, 9.17) is 5.73 Å². The van der Waals surface area contributed by atoms with Gasteiger partial charge in [-0.15, -0.1) is 0 Å². The van der Waals surface area contributed by atoms with E-state index in [2.05, 4.69) is 5.10 Å². The fourth-order valence-corrected chi connectivity index (χ4v) is 1.68. The van der Waals surface area contributed by atoms with Gasteiger partial charge in [-0.2, -0.15) is 5.10 Å². The van der Waals surface area contributed by atoms with E-state index in [1.165, 1.54) is 0 Å². The summed E-state index contributed by atoms with van der Waals surface area (Å²) < 4.78 is 1.82. The largest absolute Gasteiger partial charge is 0.319 e. The molecule has 16 heavy (non-hydrogen) atoms. The average Bonchev–Trinajstić information content (AvgIpc) is 2.75. The second kappa shape index (κ2) is 5.25. The Bertz CT molecular complexity index is 353. The van der Waals surface area contributed by atoms with Gasteiger partial charge in [-0.1, -0.05) is 13.8 Å². The Hall–Kier alpha value is -1.16. The summed E-state index contributed by atoms with van der Waals surface area (Å²) in [5, 5.41) is 4.15. The highest BCUT2D eigenvalue weighted by Crippen LogP contribution is 2.15. The first kappa shape index (κ1) is 12.9. The van der Waals surface area contributed by atoms with E-state index in [9.17, 15) is 4.79 Å². The molecule has 0 aromatic carbocycles. The second-order valence-electron chi connectivity index (χ2n) is 4.17. The van der Waals surface area contributed by atoms with Crippen molar-refractivity contribution in [1.29, 1.82) is 0 Å². The van der Waals surface area contributed by atoms with Gasteiger partial charge in [0.05, 0.1) is 11.7 Å². The lowest BCUT2D eigenvalue weighted by Crippen LogP contribution is -2.47. The van der Waals surface area contributed by atoms with E-state index < -0.39 is 5.54 Å². The van der Waals surface area contributed by atoms with Crippen LogP contribution in [0.3, 0.4) is 0 Å². The minimum absolute atomic E-state index is 0.105. The van der Waals surface area contributed by atoms with Gasteiger partial charge in [-0.05, 0) is 25.3 Å². The number of nitrogens with two attached hydrogens (primary N) is 1. The third-order valence-corrected chi connectivity index (χ3v) is 3.19. The monoisotopic (exact) mass is 223 g/mol. The molecule has 0 amide bonds. The Morgan fingerprint density at radius 1 is 1.44 bits per heavy atom. The van der Waals surface area contributed by atoms with Crippen molar-refractivity contribution >= 4 is 5.78 Å². The highest BCUT2D eigenvalue weighted by Gasteiger charge is 2.29. The fraction of sp³-hybridized carbons (Fsp3) is 0.667. The molecule has 0 saturated heterocycles. The maximum atomic E-state index is 12.0. The van der Waals surface area contributed by atoms with Gasteiger partial charge in [0.1, 0.15) is 0 Å². The minimum atomic E-state index is -0.672. The number of Topliss-reactive ketones (excluding diaryl/α,β-unsaturated/α-hetero) is 1. The maximum Gasteiger partial charge on any atom is 0.157 e. The summed E-state index contributed by atoms with van der Waals surface area (Å²) in [5.74, 6) is 0.105. The van der Waals surface area contributed by atoms with Crippen LogP contribution in [0.25, 0.3) is 0 Å². The van der Waals surface area contributed by atoms with Crippen LogP contribution in [0.2, 0.25) is 0 Å². The van der Waals surface area contributed by atoms with Crippen molar-refractivity contribution in [3.05, 3.63) is 18.0 Å². The van der Waals surface area contributed by atoms with Gasteiger partial charge >= 0.3 is 0 Å². The van der Waals surface area contributed by atoms with Crippen LogP contribution >= 0.6 is 0 Å². The lowest BCUT2D eigenvalue weighted by atomic mass is 9.86. The molecule has 0 aliphatic rings. The van der Waals surface area contributed by atoms with Crippen LogP contribution in [0.15, 0.2) is 12.4 Å². The number of hydrogen-bond acceptors (Lipinski definition) is 3. The highest BCUT2D eigenvalue weighted by atomic mass is 16.1. The molecule has 0 bridgehead atoms. The Balaban J connectivity index is 2.70. The molecular formula is C12H21N3O. The molecule has 0 radical (unpaired) electrons. The van der Waals surface area contributed by atoms with Gasteiger partial charge in [-0.3, -0.25) is 9.48 Å². The van der Waals surface area contributed by atoms with Crippen LogP contribution in [-0.4, -0.2) is 21.1 Å². The Kier molecular flexibility index (Phi) is 4.24. The van der Waals surface area contributed by atoms with Gasteiger partial charge < -0.3 is 5.73 Å². The minimum Gasteiger partial charge on any atom is -0.319 e. The molecule has 90 valence electrons. The molecule has 0 spiro atoms. The van der Waals surface area contributed by atoms with Crippen LogP contribution in [0.1, 0.15) is 39.2 Å². The molecule has 2 N–H and O–H groups in total. The SMILES string of the molecule is CCn1cc(CC(=O)C(N)(CC)CC)cn1. The van der Waals surface area contributed by atoms with E-state index in [0.29, 0.717) is 19.3 Å². The summed E-state index contributed by atoms with van der Waals surface area (Å²) in [6, 6.07) is 0. The molecule has 0 saturated carbocycles. The summed E-state index contributed by atoms with van der Waals surface area (Å²) >= 11 is 0. The lowest BCUT2D eigenvalue weighted by molar-refractivity contribution is -0.123. The first-order valence-electron chi connectivity index (χ1n) is 5.89. The van der Waals surface area contributed by atoms with Gasteiger partial charge in [0, 0.05) is 19.2 Å². The lowest BCUT2D eigenvalue weighted by Gasteiger charge is -2.24. The molecule has 4 heteroatoms.